The fourth-order valence-electron chi connectivity index (χ4n) is 2.81. The molecule has 0 bridgehead atoms. The topological polar surface area (TPSA) is 88.6 Å². The first-order valence-electron chi connectivity index (χ1n) is 10.6. The molecule has 0 atom stereocenters. The molecule has 2 N–H and O–H groups in total. The Labute approximate surface area is 199 Å². The van der Waals surface area contributed by atoms with E-state index in [-0.39, 0.29) is 12.5 Å². The van der Waals surface area contributed by atoms with Gasteiger partial charge in [0.1, 0.15) is 18.1 Å². The summed E-state index contributed by atoms with van der Waals surface area (Å²) in [6.07, 6.45) is 10.2. The third-order valence-corrected chi connectivity index (χ3v) is 4.39. The van der Waals surface area contributed by atoms with Gasteiger partial charge >= 0.3 is 0 Å². The highest BCUT2D eigenvalue weighted by Crippen LogP contribution is 2.27. The Morgan fingerprint density at radius 3 is 2.65 bits per heavy atom. The van der Waals surface area contributed by atoms with Crippen LogP contribution in [0.3, 0.4) is 0 Å². The lowest BCUT2D eigenvalue weighted by molar-refractivity contribution is -0.111. The Bertz CT molecular complexity index is 1200. The van der Waals surface area contributed by atoms with Crippen molar-refractivity contribution in [2.45, 2.75) is 6.92 Å². The number of terminal acetylenes is 1. The zero-order chi connectivity index (χ0) is 24.3. The average Bonchev–Trinajstić information content (AvgIpc) is 2.80. The Morgan fingerprint density at radius 2 is 1.88 bits per heavy atom. The fraction of sp³-hybridized carbons (Fsp3) is 0.192. The highest BCUT2D eigenvalue weighted by atomic mass is 16.5. The molecule has 0 saturated heterocycles. The minimum Gasteiger partial charge on any atom is -0.481 e. The number of carbonyl (C=O) groups is 1. The van der Waals surface area contributed by atoms with Crippen molar-refractivity contribution in [3.05, 3.63) is 72.4 Å². The second-order valence-corrected chi connectivity index (χ2v) is 7.61. The number of nitrogens with zero attached hydrogens (tertiary/aromatic N) is 3. The molecule has 34 heavy (non-hydrogen) atoms. The zero-order valence-corrected chi connectivity index (χ0v) is 19.4. The molecule has 8 nitrogen and oxygen atoms in total. The van der Waals surface area contributed by atoms with Crippen LogP contribution >= 0.6 is 0 Å². The Balaban J connectivity index is 1.69. The number of nitrogens with one attached hydrogen (secondary N) is 2. The number of aryl methyl sites for hydroxylation is 1. The van der Waals surface area contributed by atoms with Crippen LogP contribution in [0.4, 0.5) is 17.3 Å². The van der Waals surface area contributed by atoms with Crippen LogP contribution in [0.5, 0.6) is 17.4 Å². The van der Waals surface area contributed by atoms with Gasteiger partial charge in [0.25, 0.3) is 0 Å². The van der Waals surface area contributed by atoms with Crippen LogP contribution in [0.1, 0.15) is 5.56 Å². The first kappa shape index (κ1) is 24.3. The van der Waals surface area contributed by atoms with Gasteiger partial charge < -0.3 is 25.0 Å². The van der Waals surface area contributed by atoms with E-state index in [0.717, 1.165) is 11.3 Å². The Morgan fingerprint density at radius 1 is 1.15 bits per heavy atom. The van der Waals surface area contributed by atoms with E-state index in [0.29, 0.717) is 35.6 Å². The molecule has 3 aromatic rings. The van der Waals surface area contributed by atoms with Crippen molar-refractivity contribution in [1.82, 2.24) is 14.9 Å². The van der Waals surface area contributed by atoms with E-state index in [9.17, 15) is 4.79 Å². The second kappa shape index (κ2) is 12.0. The van der Waals surface area contributed by atoms with E-state index in [1.807, 2.05) is 44.1 Å². The molecule has 0 aliphatic carbocycles. The molecule has 0 saturated carbocycles. The minimum absolute atomic E-state index is 0.189. The number of hydrogen-bond donors (Lipinski definition) is 2. The predicted octanol–water partition coefficient (Wildman–Crippen LogP) is 4.39. The summed E-state index contributed by atoms with van der Waals surface area (Å²) in [6.45, 7) is 2.73. The van der Waals surface area contributed by atoms with Crippen molar-refractivity contribution in [3.63, 3.8) is 0 Å². The third-order valence-electron chi connectivity index (χ3n) is 4.39. The number of ether oxygens (including phenoxy) is 2. The maximum Gasteiger partial charge on any atom is 0.248 e. The summed E-state index contributed by atoms with van der Waals surface area (Å²) < 4.78 is 11.4. The minimum atomic E-state index is -0.211. The van der Waals surface area contributed by atoms with Gasteiger partial charge in [0.05, 0.1) is 0 Å². The molecule has 0 aliphatic heterocycles. The second-order valence-electron chi connectivity index (χ2n) is 7.61. The number of carbonyl (C=O) groups excluding carboxylic acids is 1. The van der Waals surface area contributed by atoms with Crippen LogP contribution in [0.15, 0.2) is 66.9 Å². The number of anilines is 3. The number of hydrogen-bond acceptors (Lipinski definition) is 7. The standard InChI is InChI=1S/C26H27N5O3/c1-5-15-33-22-11-6-10-21(16-22)29-26-27-18-19(2)25(30-26)34-23-12-7-9-20(17-23)28-24(32)13-8-14-31(3)4/h1,6-13,16-18H,14-15H2,2-4H3,(H,28,32)(H,27,29,30)/b13-8+. The van der Waals surface area contributed by atoms with E-state index in [4.69, 9.17) is 15.9 Å². The molecule has 0 unspecified atom stereocenters. The fourth-order valence-corrected chi connectivity index (χ4v) is 2.81. The first-order valence-corrected chi connectivity index (χ1v) is 10.6. The summed E-state index contributed by atoms with van der Waals surface area (Å²) in [6, 6.07) is 14.4. The largest absolute Gasteiger partial charge is 0.481 e. The van der Waals surface area contributed by atoms with Gasteiger partial charge in [0.15, 0.2) is 0 Å². The molecule has 0 aliphatic rings. The molecule has 0 fully saturated rings. The van der Waals surface area contributed by atoms with Crippen LogP contribution in [-0.2, 0) is 4.79 Å². The van der Waals surface area contributed by atoms with Gasteiger partial charge in [-0.2, -0.15) is 4.98 Å². The van der Waals surface area contributed by atoms with E-state index in [1.165, 1.54) is 6.08 Å². The van der Waals surface area contributed by atoms with Crippen molar-refractivity contribution in [2.75, 3.05) is 37.9 Å². The van der Waals surface area contributed by atoms with Crippen molar-refractivity contribution in [3.8, 4) is 29.7 Å². The zero-order valence-electron chi connectivity index (χ0n) is 19.4. The van der Waals surface area contributed by atoms with E-state index >= 15 is 0 Å². The van der Waals surface area contributed by atoms with Crippen molar-refractivity contribution >= 4 is 23.2 Å². The van der Waals surface area contributed by atoms with Crippen molar-refractivity contribution < 1.29 is 14.3 Å². The highest BCUT2D eigenvalue weighted by molar-refractivity contribution is 5.99. The smallest absolute Gasteiger partial charge is 0.248 e. The van der Waals surface area contributed by atoms with E-state index < -0.39 is 0 Å². The molecular formula is C26H27N5O3. The van der Waals surface area contributed by atoms with Crippen molar-refractivity contribution in [2.24, 2.45) is 0 Å². The summed E-state index contributed by atoms with van der Waals surface area (Å²) in [5.74, 6) is 4.16. The molecule has 2 aromatic carbocycles. The lowest BCUT2D eigenvalue weighted by Gasteiger charge is -2.12. The summed E-state index contributed by atoms with van der Waals surface area (Å²) in [5, 5.41) is 5.96. The van der Waals surface area contributed by atoms with Gasteiger partial charge in [-0.1, -0.05) is 24.1 Å². The molecule has 1 aromatic heterocycles. The molecule has 0 spiro atoms. The van der Waals surface area contributed by atoms with Crippen LogP contribution < -0.4 is 20.1 Å². The van der Waals surface area contributed by atoms with E-state index in [1.54, 1.807) is 42.6 Å². The molecule has 8 heteroatoms. The molecule has 0 radical (unpaired) electrons. The quantitative estimate of drug-likeness (QED) is 0.345. The van der Waals surface area contributed by atoms with Gasteiger partial charge in [-0.25, -0.2) is 4.98 Å². The normalized spacial score (nSPS) is 10.7. The summed E-state index contributed by atoms with van der Waals surface area (Å²) in [5.41, 5.74) is 2.12. The lowest BCUT2D eigenvalue weighted by Crippen LogP contribution is -2.12. The average molecular weight is 458 g/mol. The maximum absolute atomic E-state index is 12.1. The number of benzene rings is 2. The molecule has 1 heterocycles. The van der Waals surface area contributed by atoms with E-state index in [2.05, 4.69) is 26.5 Å². The number of aromatic nitrogens is 2. The number of likely N-dealkylation sites (N-methyl/N-ethyl adjacent to an activating group) is 1. The number of rotatable bonds is 10. The monoisotopic (exact) mass is 457 g/mol. The predicted molar refractivity (Wildman–Crippen MR) is 134 cm³/mol. The Kier molecular flexibility index (Phi) is 8.60. The highest BCUT2D eigenvalue weighted by Gasteiger charge is 2.09. The van der Waals surface area contributed by atoms with Gasteiger partial charge in [0.2, 0.25) is 17.7 Å². The van der Waals surface area contributed by atoms with Crippen molar-refractivity contribution in [1.29, 1.82) is 0 Å². The van der Waals surface area contributed by atoms with Crippen LogP contribution in [0.2, 0.25) is 0 Å². The molecule has 1 amide bonds. The van der Waals surface area contributed by atoms with Gasteiger partial charge in [-0.05, 0) is 45.3 Å². The number of amides is 1. The third kappa shape index (κ3) is 7.65. The SMILES string of the molecule is C#CCOc1cccc(Nc2ncc(C)c(Oc3cccc(NC(=O)/C=C/CN(C)C)c3)n2)c1. The first-order chi connectivity index (χ1) is 16.4. The van der Waals surface area contributed by atoms with Crippen LogP contribution in [-0.4, -0.2) is 48.0 Å². The molecular weight excluding hydrogens is 430 g/mol. The Hall–Kier alpha value is -4.35. The van der Waals surface area contributed by atoms with Gasteiger partial charge in [0, 0.05) is 47.9 Å². The van der Waals surface area contributed by atoms with Crippen LogP contribution in [0, 0.1) is 19.3 Å². The summed E-state index contributed by atoms with van der Waals surface area (Å²) in [7, 11) is 3.87. The van der Waals surface area contributed by atoms with Crippen LogP contribution in [0.25, 0.3) is 0 Å². The van der Waals surface area contributed by atoms with Gasteiger partial charge in [-0.3, -0.25) is 4.79 Å². The molecule has 174 valence electrons. The lowest BCUT2D eigenvalue weighted by atomic mass is 10.3. The summed E-state index contributed by atoms with van der Waals surface area (Å²) >= 11 is 0. The maximum atomic E-state index is 12.1. The molecule has 3 rings (SSSR count). The summed E-state index contributed by atoms with van der Waals surface area (Å²) in [4.78, 5) is 22.9. The van der Waals surface area contributed by atoms with Gasteiger partial charge in [-0.15, -0.1) is 6.42 Å².